The number of piperidine rings is 1. The minimum Gasteiger partial charge on any atom is -0.494 e. The molecular weight excluding hydrogens is 364 g/mol. The van der Waals surface area contributed by atoms with E-state index in [1.54, 1.807) is 0 Å². The van der Waals surface area contributed by atoms with Crippen LogP contribution < -0.4 is 10.1 Å². The number of carbonyl (C=O) groups is 2. The van der Waals surface area contributed by atoms with Gasteiger partial charge in [0.05, 0.1) is 6.61 Å². The molecule has 1 aliphatic heterocycles. The minimum atomic E-state index is -0.516. The maximum absolute atomic E-state index is 13.0. The molecule has 0 aliphatic carbocycles. The Bertz CT molecular complexity index is 758. The highest BCUT2D eigenvalue weighted by Crippen LogP contribution is 2.13. The molecule has 2 aromatic carbocycles. The second kappa shape index (κ2) is 11.2. The van der Waals surface area contributed by atoms with Crippen LogP contribution in [0.1, 0.15) is 37.7 Å². The third-order valence-electron chi connectivity index (χ3n) is 5.14. The van der Waals surface area contributed by atoms with Gasteiger partial charge in [-0.1, -0.05) is 48.5 Å². The van der Waals surface area contributed by atoms with Gasteiger partial charge in [0.25, 0.3) is 0 Å². The zero-order chi connectivity index (χ0) is 20.3. The number of likely N-dealkylation sites (tertiary alicyclic amines) is 1. The topological polar surface area (TPSA) is 58.6 Å². The normalized spacial score (nSPS) is 14.8. The molecule has 2 amide bonds. The van der Waals surface area contributed by atoms with Gasteiger partial charge in [0.1, 0.15) is 11.8 Å². The van der Waals surface area contributed by atoms with Gasteiger partial charge in [-0.05, 0) is 43.4 Å². The summed E-state index contributed by atoms with van der Waals surface area (Å²) in [6, 6.07) is 18.9. The molecule has 1 heterocycles. The molecule has 5 heteroatoms. The summed E-state index contributed by atoms with van der Waals surface area (Å²) in [6.45, 7) is 2.04. The van der Waals surface area contributed by atoms with Gasteiger partial charge in [0.2, 0.25) is 11.8 Å². The number of para-hydroxylation sites is 1. The molecule has 0 bridgehead atoms. The van der Waals surface area contributed by atoms with Crippen molar-refractivity contribution in [2.24, 2.45) is 0 Å². The number of hydrogen-bond donors (Lipinski definition) is 1. The van der Waals surface area contributed by atoms with Gasteiger partial charge in [-0.15, -0.1) is 0 Å². The van der Waals surface area contributed by atoms with Crippen LogP contribution in [-0.4, -0.2) is 42.5 Å². The van der Waals surface area contributed by atoms with Crippen molar-refractivity contribution in [2.75, 3.05) is 19.7 Å². The lowest BCUT2D eigenvalue weighted by Gasteiger charge is -2.31. The number of ether oxygens (including phenoxy) is 1. The second-order valence-electron chi connectivity index (χ2n) is 7.46. The molecule has 3 rings (SSSR count). The molecule has 2 aromatic rings. The van der Waals surface area contributed by atoms with Gasteiger partial charge in [-0.3, -0.25) is 9.59 Å². The van der Waals surface area contributed by atoms with Crippen molar-refractivity contribution < 1.29 is 14.3 Å². The molecule has 0 unspecified atom stereocenters. The number of benzene rings is 2. The van der Waals surface area contributed by atoms with E-state index in [-0.39, 0.29) is 11.8 Å². The van der Waals surface area contributed by atoms with Gasteiger partial charge in [0, 0.05) is 25.9 Å². The zero-order valence-corrected chi connectivity index (χ0v) is 16.9. The van der Waals surface area contributed by atoms with Crippen LogP contribution >= 0.6 is 0 Å². The van der Waals surface area contributed by atoms with E-state index < -0.39 is 6.04 Å². The van der Waals surface area contributed by atoms with Crippen LogP contribution in [-0.2, 0) is 16.0 Å². The Morgan fingerprint density at radius 2 is 1.59 bits per heavy atom. The Morgan fingerprint density at radius 3 is 2.28 bits per heavy atom. The first-order valence-electron chi connectivity index (χ1n) is 10.5. The van der Waals surface area contributed by atoms with Crippen molar-refractivity contribution in [1.29, 1.82) is 0 Å². The van der Waals surface area contributed by atoms with Gasteiger partial charge >= 0.3 is 0 Å². The average molecular weight is 395 g/mol. The van der Waals surface area contributed by atoms with Crippen LogP contribution in [0.25, 0.3) is 0 Å². The van der Waals surface area contributed by atoms with Crippen molar-refractivity contribution in [2.45, 2.75) is 44.6 Å². The number of nitrogens with one attached hydrogen (secondary N) is 1. The molecule has 0 radical (unpaired) electrons. The third kappa shape index (κ3) is 6.93. The van der Waals surface area contributed by atoms with Crippen molar-refractivity contribution in [3.63, 3.8) is 0 Å². The Morgan fingerprint density at radius 1 is 0.931 bits per heavy atom. The number of hydrogen-bond acceptors (Lipinski definition) is 3. The largest absolute Gasteiger partial charge is 0.494 e. The third-order valence-corrected chi connectivity index (χ3v) is 5.14. The quantitative estimate of drug-likeness (QED) is 0.662. The Labute approximate surface area is 173 Å². The van der Waals surface area contributed by atoms with E-state index in [1.165, 1.54) is 6.42 Å². The Hall–Kier alpha value is -2.82. The molecule has 1 atom stereocenters. The summed E-state index contributed by atoms with van der Waals surface area (Å²) in [4.78, 5) is 27.4. The first-order valence-corrected chi connectivity index (χ1v) is 10.5. The molecule has 0 saturated carbocycles. The van der Waals surface area contributed by atoms with Crippen LogP contribution in [0.15, 0.2) is 60.7 Å². The van der Waals surface area contributed by atoms with Gasteiger partial charge < -0.3 is 15.0 Å². The fourth-order valence-corrected chi connectivity index (χ4v) is 3.59. The molecule has 154 valence electrons. The smallest absolute Gasteiger partial charge is 0.245 e. The molecule has 1 aliphatic rings. The molecule has 1 fully saturated rings. The number of rotatable bonds is 9. The van der Waals surface area contributed by atoms with E-state index in [9.17, 15) is 9.59 Å². The zero-order valence-electron chi connectivity index (χ0n) is 16.9. The SMILES string of the molecule is O=C(CCCOc1ccccc1)N[C@@H](Cc1ccccc1)C(=O)N1CCCCC1. The van der Waals surface area contributed by atoms with Crippen LogP contribution in [0.2, 0.25) is 0 Å². The lowest BCUT2D eigenvalue weighted by molar-refractivity contribution is -0.137. The lowest BCUT2D eigenvalue weighted by Crippen LogP contribution is -2.51. The summed E-state index contributed by atoms with van der Waals surface area (Å²) in [7, 11) is 0. The Balaban J connectivity index is 1.52. The van der Waals surface area contributed by atoms with Crippen molar-refractivity contribution >= 4 is 11.8 Å². The predicted octanol–water partition coefficient (Wildman–Crippen LogP) is 3.59. The fraction of sp³-hybridized carbons (Fsp3) is 0.417. The number of nitrogens with zero attached hydrogens (tertiary/aromatic N) is 1. The van der Waals surface area contributed by atoms with Crippen LogP contribution in [0, 0.1) is 0 Å². The minimum absolute atomic E-state index is 0.0300. The summed E-state index contributed by atoms with van der Waals surface area (Å²) < 4.78 is 5.64. The van der Waals surface area contributed by atoms with Gasteiger partial charge in [-0.25, -0.2) is 0 Å². The molecular formula is C24H30N2O3. The van der Waals surface area contributed by atoms with Crippen LogP contribution in [0.5, 0.6) is 5.75 Å². The molecule has 1 N–H and O–H groups in total. The van der Waals surface area contributed by atoms with Gasteiger partial charge in [0.15, 0.2) is 0 Å². The van der Waals surface area contributed by atoms with E-state index in [0.29, 0.717) is 25.9 Å². The molecule has 5 nitrogen and oxygen atoms in total. The van der Waals surface area contributed by atoms with E-state index in [0.717, 1.165) is 37.2 Å². The number of carbonyl (C=O) groups excluding carboxylic acids is 2. The van der Waals surface area contributed by atoms with E-state index in [2.05, 4.69) is 5.32 Å². The van der Waals surface area contributed by atoms with E-state index in [4.69, 9.17) is 4.74 Å². The van der Waals surface area contributed by atoms with Crippen LogP contribution in [0.4, 0.5) is 0 Å². The first-order chi connectivity index (χ1) is 14.2. The van der Waals surface area contributed by atoms with Crippen molar-refractivity contribution in [3.8, 4) is 5.75 Å². The molecule has 29 heavy (non-hydrogen) atoms. The highest BCUT2D eigenvalue weighted by atomic mass is 16.5. The summed E-state index contributed by atoms with van der Waals surface area (Å²) in [6.07, 6.45) is 4.70. The first kappa shape index (κ1) is 20.9. The Kier molecular flexibility index (Phi) is 8.11. The average Bonchev–Trinajstić information content (AvgIpc) is 2.78. The van der Waals surface area contributed by atoms with Crippen LogP contribution in [0.3, 0.4) is 0 Å². The summed E-state index contributed by atoms with van der Waals surface area (Å²) in [5.41, 5.74) is 1.05. The lowest BCUT2D eigenvalue weighted by atomic mass is 10.0. The van der Waals surface area contributed by atoms with E-state index in [1.807, 2.05) is 65.6 Å². The molecule has 0 aromatic heterocycles. The predicted molar refractivity (Wildman–Crippen MR) is 114 cm³/mol. The standard InChI is InChI=1S/C24H30N2O3/c27-23(15-10-18-29-21-13-6-2-7-14-21)25-22(19-20-11-4-1-5-12-20)24(28)26-16-8-3-9-17-26/h1-2,4-7,11-14,22H,3,8-10,15-19H2,(H,25,27)/t22-/m0/s1. The van der Waals surface area contributed by atoms with Gasteiger partial charge in [-0.2, -0.15) is 0 Å². The van der Waals surface area contributed by atoms with Crippen molar-refractivity contribution in [3.05, 3.63) is 66.2 Å². The highest BCUT2D eigenvalue weighted by molar-refractivity contribution is 5.88. The molecule has 1 saturated heterocycles. The maximum Gasteiger partial charge on any atom is 0.245 e. The second-order valence-corrected chi connectivity index (χ2v) is 7.46. The number of amides is 2. The summed E-state index contributed by atoms with van der Waals surface area (Å²) >= 11 is 0. The monoisotopic (exact) mass is 394 g/mol. The molecule has 0 spiro atoms. The van der Waals surface area contributed by atoms with Crippen molar-refractivity contribution in [1.82, 2.24) is 10.2 Å². The summed E-state index contributed by atoms with van der Waals surface area (Å²) in [5.74, 6) is 0.727. The fourth-order valence-electron chi connectivity index (χ4n) is 3.59. The maximum atomic E-state index is 13.0. The summed E-state index contributed by atoms with van der Waals surface area (Å²) in [5, 5.41) is 2.98. The highest BCUT2D eigenvalue weighted by Gasteiger charge is 2.27. The van der Waals surface area contributed by atoms with E-state index >= 15 is 0 Å².